The van der Waals surface area contributed by atoms with Gasteiger partial charge in [-0.05, 0) is 84.9 Å². The Kier molecular flexibility index (Phi) is 7.48. The van der Waals surface area contributed by atoms with E-state index in [9.17, 15) is 9.59 Å². The van der Waals surface area contributed by atoms with Gasteiger partial charge in [0.05, 0.1) is 45.5 Å². The van der Waals surface area contributed by atoms with E-state index in [0.717, 1.165) is 39.0 Å². The summed E-state index contributed by atoms with van der Waals surface area (Å²) in [5.41, 5.74) is 2.99. The van der Waals surface area contributed by atoms with Crippen molar-refractivity contribution in [3.63, 3.8) is 0 Å². The molecule has 0 spiro atoms. The van der Waals surface area contributed by atoms with Gasteiger partial charge in [-0.2, -0.15) is 0 Å². The third-order valence-corrected chi connectivity index (χ3v) is 8.39. The highest BCUT2D eigenvalue weighted by molar-refractivity contribution is 8.01. The first-order valence-electron chi connectivity index (χ1n) is 13.0. The van der Waals surface area contributed by atoms with E-state index >= 15 is 0 Å². The molecule has 0 aliphatic carbocycles. The maximum absolute atomic E-state index is 12.9. The number of furan rings is 1. The van der Waals surface area contributed by atoms with Gasteiger partial charge in [-0.25, -0.2) is 9.88 Å². The first-order valence-corrected chi connectivity index (χ1v) is 14.7. The average Bonchev–Trinajstić information content (AvgIpc) is 3.66. The van der Waals surface area contributed by atoms with E-state index in [4.69, 9.17) is 9.15 Å². The molecule has 9 heteroatoms. The third-order valence-electron chi connectivity index (χ3n) is 6.39. The number of thiazole rings is 1. The second-order valence-corrected chi connectivity index (χ2v) is 11.5. The summed E-state index contributed by atoms with van der Waals surface area (Å²) in [5, 5.41) is 0.692. The number of carbonyl (C=O) groups excluding carboxylic acids is 2. The van der Waals surface area contributed by atoms with Crippen LogP contribution >= 0.6 is 23.1 Å². The van der Waals surface area contributed by atoms with Crippen LogP contribution in [-0.4, -0.2) is 29.6 Å². The fraction of sp³-hybridized carbons (Fsp3) is 0.161. The van der Waals surface area contributed by atoms with Gasteiger partial charge in [-0.3, -0.25) is 14.6 Å². The zero-order valence-electron chi connectivity index (χ0n) is 21.7. The van der Waals surface area contributed by atoms with Crippen LogP contribution in [0.1, 0.15) is 52.7 Å². The van der Waals surface area contributed by atoms with Crippen molar-refractivity contribution < 1.29 is 18.7 Å². The smallest absolute Gasteiger partial charge is 0.266 e. The highest BCUT2D eigenvalue weighted by Gasteiger charge is 2.36. The lowest BCUT2D eigenvalue weighted by Crippen LogP contribution is -2.29. The molecular weight excluding hydrogens is 542 g/mol. The number of hydrogen-bond acceptors (Lipinski definition) is 8. The lowest BCUT2D eigenvalue weighted by Gasteiger charge is -2.13. The molecule has 7 nitrogen and oxygen atoms in total. The minimum absolute atomic E-state index is 0.310. The standard InChI is InChI=1S/C31H25N3O4S2/c1-2-3-6-17-37-22-12-9-20(10-13-22)32-19-23-14-16-28(38-23)40-31-33-26-15-11-21(18-27(26)39-31)34-29(35)24-7-4-5-8-25(24)30(34)36/h4-5,7-16,18-19H,2-3,6,17H2,1H3. The lowest BCUT2D eigenvalue weighted by atomic mass is 10.1. The highest BCUT2D eigenvalue weighted by Crippen LogP contribution is 2.37. The normalized spacial score (nSPS) is 13.1. The number of anilines is 1. The molecule has 0 unspecified atom stereocenters. The van der Waals surface area contributed by atoms with Crippen molar-refractivity contribution in [2.75, 3.05) is 11.5 Å². The minimum Gasteiger partial charge on any atom is -0.494 e. The number of rotatable bonds is 10. The second-order valence-electron chi connectivity index (χ2n) is 9.19. The highest BCUT2D eigenvalue weighted by atomic mass is 32.2. The van der Waals surface area contributed by atoms with Crippen molar-refractivity contribution in [3.8, 4) is 5.75 Å². The number of hydrogen-bond donors (Lipinski definition) is 0. The van der Waals surface area contributed by atoms with Crippen LogP contribution in [-0.2, 0) is 0 Å². The fourth-order valence-electron chi connectivity index (χ4n) is 4.35. The minimum atomic E-state index is -0.310. The van der Waals surface area contributed by atoms with Gasteiger partial charge in [-0.1, -0.05) is 31.9 Å². The molecule has 200 valence electrons. The molecule has 0 radical (unpaired) electrons. The molecule has 3 aromatic carbocycles. The summed E-state index contributed by atoms with van der Waals surface area (Å²) in [6.07, 6.45) is 5.09. The Bertz CT molecular complexity index is 1690. The molecular formula is C31H25N3O4S2. The Balaban J connectivity index is 1.11. The van der Waals surface area contributed by atoms with E-state index in [1.54, 1.807) is 36.5 Å². The molecule has 1 aliphatic heterocycles. The number of ether oxygens (including phenoxy) is 1. The van der Waals surface area contributed by atoms with E-state index < -0.39 is 0 Å². The van der Waals surface area contributed by atoms with Crippen molar-refractivity contribution in [2.24, 2.45) is 4.99 Å². The number of amides is 2. The van der Waals surface area contributed by atoms with Crippen molar-refractivity contribution in [3.05, 3.63) is 95.7 Å². The molecule has 2 amide bonds. The van der Waals surface area contributed by atoms with Crippen LogP contribution in [0.3, 0.4) is 0 Å². The van der Waals surface area contributed by atoms with E-state index in [0.29, 0.717) is 27.7 Å². The van der Waals surface area contributed by atoms with Crippen LogP contribution < -0.4 is 9.64 Å². The molecule has 3 heterocycles. The molecule has 6 rings (SSSR count). The quantitative estimate of drug-likeness (QED) is 0.0961. The molecule has 0 fully saturated rings. The molecule has 0 N–H and O–H groups in total. The first kappa shape index (κ1) is 26.0. The molecule has 0 saturated heterocycles. The largest absolute Gasteiger partial charge is 0.494 e. The summed E-state index contributed by atoms with van der Waals surface area (Å²) in [4.78, 5) is 36.1. The lowest BCUT2D eigenvalue weighted by molar-refractivity contribution is 0.0926. The van der Waals surface area contributed by atoms with Crippen molar-refractivity contribution in [2.45, 2.75) is 35.6 Å². The van der Waals surface area contributed by atoms with Gasteiger partial charge in [0.2, 0.25) is 0 Å². The Morgan fingerprint density at radius 3 is 2.50 bits per heavy atom. The maximum atomic E-state index is 12.9. The first-order chi connectivity index (χ1) is 19.6. The number of aromatic nitrogens is 1. The van der Waals surface area contributed by atoms with Crippen molar-refractivity contribution >= 4 is 62.7 Å². The SMILES string of the molecule is CCCCCOc1ccc(N=Cc2ccc(Sc3nc4ccc(N5C(=O)c6ccccc6C5=O)cc4s3)o2)cc1. The van der Waals surface area contributed by atoms with Gasteiger partial charge in [0.1, 0.15) is 11.5 Å². The summed E-state index contributed by atoms with van der Waals surface area (Å²) in [6.45, 7) is 2.90. The van der Waals surface area contributed by atoms with Gasteiger partial charge in [0.15, 0.2) is 9.43 Å². The number of carbonyl (C=O) groups is 2. The number of imide groups is 1. The zero-order chi connectivity index (χ0) is 27.5. The van der Waals surface area contributed by atoms with E-state index in [-0.39, 0.29) is 11.8 Å². The third kappa shape index (κ3) is 5.43. The number of nitrogens with zero attached hydrogens (tertiary/aromatic N) is 3. The maximum Gasteiger partial charge on any atom is 0.266 e. The summed E-state index contributed by atoms with van der Waals surface area (Å²) < 4.78 is 13.4. The molecule has 0 saturated carbocycles. The van der Waals surface area contributed by atoms with Crippen LogP contribution in [0.25, 0.3) is 10.2 Å². The van der Waals surface area contributed by atoms with E-state index in [1.165, 1.54) is 40.8 Å². The molecule has 0 bridgehead atoms. The predicted octanol–water partition coefficient (Wildman–Crippen LogP) is 8.16. The fourth-order valence-corrected chi connectivity index (χ4v) is 6.35. The number of fused-ring (bicyclic) bond motifs is 2. The Morgan fingerprint density at radius 2 is 1.75 bits per heavy atom. The second kappa shape index (κ2) is 11.5. The van der Waals surface area contributed by atoms with E-state index in [1.807, 2.05) is 48.5 Å². The van der Waals surface area contributed by atoms with E-state index in [2.05, 4.69) is 16.9 Å². The molecule has 0 atom stereocenters. The summed E-state index contributed by atoms with van der Waals surface area (Å²) >= 11 is 2.89. The molecule has 2 aromatic heterocycles. The predicted molar refractivity (Wildman–Crippen MR) is 159 cm³/mol. The van der Waals surface area contributed by atoms with Crippen molar-refractivity contribution in [1.29, 1.82) is 0 Å². The van der Waals surface area contributed by atoms with Gasteiger partial charge in [-0.15, -0.1) is 11.3 Å². The Morgan fingerprint density at radius 1 is 0.975 bits per heavy atom. The molecule has 1 aliphatic rings. The van der Waals surface area contributed by atoms with Crippen LogP contribution in [0.4, 0.5) is 11.4 Å². The van der Waals surface area contributed by atoms with Crippen LogP contribution in [0.2, 0.25) is 0 Å². The Hall–Kier alpha value is -4.21. The zero-order valence-corrected chi connectivity index (χ0v) is 23.3. The topological polar surface area (TPSA) is 85.0 Å². The molecule has 40 heavy (non-hydrogen) atoms. The van der Waals surface area contributed by atoms with Crippen molar-refractivity contribution in [1.82, 2.24) is 4.98 Å². The van der Waals surface area contributed by atoms with Gasteiger partial charge < -0.3 is 9.15 Å². The molecule has 5 aromatic rings. The number of aliphatic imine (C=N–C) groups is 1. The number of benzene rings is 3. The van der Waals surface area contributed by atoms with Crippen LogP contribution in [0, 0.1) is 0 Å². The van der Waals surface area contributed by atoms with Crippen LogP contribution in [0.15, 0.2) is 97.7 Å². The summed E-state index contributed by atoms with van der Waals surface area (Å²) in [6, 6.07) is 23.7. The van der Waals surface area contributed by atoms with Gasteiger partial charge in [0.25, 0.3) is 11.8 Å². The summed E-state index contributed by atoms with van der Waals surface area (Å²) in [7, 11) is 0. The monoisotopic (exact) mass is 567 g/mol. The average molecular weight is 568 g/mol. The number of unbranched alkanes of at least 4 members (excludes halogenated alkanes) is 2. The van der Waals surface area contributed by atoms with Gasteiger partial charge in [0, 0.05) is 0 Å². The van der Waals surface area contributed by atoms with Crippen LogP contribution in [0.5, 0.6) is 5.75 Å². The Labute approximate surface area is 239 Å². The van der Waals surface area contributed by atoms with Gasteiger partial charge >= 0.3 is 0 Å². The summed E-state index contributed by atoms with van der Waals surface area (Å²) in [5.74, 6) is 0.862.